The summed E-state index contributed by atoms with van der Waals surface area (Å²) in [4.78, 5) is 3.18. The third kappa shape index (κ3) is 2.44. The molecule has 0 fully saturated rings. The molecule has 0 amide bonds. The number of rotatable bonds is 4. The summed E-state index contributed by atoms with van der Waals surface area (Å²) >= 11 is 0. The van der Waals surface area contributed by atoms with Gasteiger partial charge in [-0.3, -0.25) is 0 Å². The van der Waals surface area contributed by atoms with Crippen molar-refractivity contribution >= 4 is 10.9 Å². The summed E-state index contributed by atoms with van der Waals surface area (Å²) < 4.78 is 0. The highest BCUT2D eigenvalue weighted by Gasteiger charge is 2.00. The van der Waals surface area contributed by atoms with E-state index in [0.29, 0.717) is 6.04 Å². The van der Waals surface area contributed by atoms with E-state index in [1.807, 2.05) is 6.20 Å². The molecule has 0 saturated heterocycles. The fraction of sp³-hybridized carbons (Fsp3) is 0.286. The van der Waals surface area contributed by atoms with Gasteiger partial charge in [0.1, 0.15) is 0 Å². The molecular weight excluding hydrogens is 196 g/mol. The van der Waals surface area contributed by atoms with Crippen molar-refractivity contribution in [3.05, 3.63) is 36.0 Å². The van der Waals surface area contributed by atoms with Gasteiger partial charge in [0.25, 0.3) is 0 Å². The SMILES string of the molecule is C#CCC(C)NCc1ccc2[nH]ccc2c1. The first-order valence-electron chi connectivity index (χ1n) is 5.52. The summed E-state index contributed by atoms with van der Waals surface area (Å²) in [6, 6.07) is 8.89. The number of fused-ring (bicyclic) bond motifs is 1. The van der Waals surface area contributed by atoms with Crippen LogP contribution in [0.5, 0.6) is 0 Å². The number of terminal acetylenes is 1. The van der Waals surface area contributed by atoms with Gasteiger partial charge in [-0.05, 0) is 36.1 Å². The van der Waals surface area contributed by atoms with Gasteiger partial charge in [-0.2, -0.15) is 0 Å². The molecule has 0 spiro atoms. The molecule has 1 aromatic heterocycles. The Bertz CT molecular complexity index is 505. The molecule has 1 heterocycles. The van der Waals surface area contributed by atoms with E-state index in [2.05, 4.69) is 47.4 Å². The van der Waals surface area contributed by atoms with Crippen molar-refractivity contribution in [1.29, 1.82) is 0 Å². The van der Waals surface area contributed by atoms with Crippen molar-refractivity contribution in [2.75, 3.05) is 0 Å². The molecule has 2 rings (SSSR count). The Hall–Kier alpha value is -1.72. The fourth-order valence-electron chi connectivity index (χ4n) is 1.75. The third-order valence-electron chi connectivity index (χ3n) is 2.70. The normalized spacial score (nSPS) is 12.5. The van der Waals surface area contributed by atoms with Crippen LogP contribution >= 0.6 is 0 Å². The lowest BCUT2D eigenvalue weighted by Gasteiger charge is -2.10. The van der Waals surface area contributed by atoms with Crippen LogP contribution in [0, 0.1) is 12.3 Å². The van der Waals surface area contributed by atoms with Crippen LogP contribution in [0.3, 0.4) is 0 Å². The van der Waals surface area contributed by atoms with E-state index in [1.165, 1.54) is 16.5 Å². The topological polar surface area (TPSA) is 27.8 Å². The average Bonchev–Trinajstić information content (AvgIpc) is 2.74. The Kier molecular flexibility index (Phi) is 3.28. The van der Waals surface area contributed by atoms with E-state index in [9.17, 15) is 0 Å². The first-order valence-corrected chi connectivity index (χ1v) is 5.52. The molecule has 1 aromatic carbocycles. The maximum Gasteiger partial charge on any atom is 0.0454 e. The smallest absolute Gasteiger partial charge is 0.0454 e. The molecule has 16 heavy (non-hydrogen) atoms. The number of benzene rings is 1. The highest BCUT2D eigenvalue weighted by molar-refractivity contribution is 5.79. The second kappa shape index (κ2) is 4.87. The Morgan fingerprint density at radius 2 is 2.31 bits per heavy atom. The van der Waals surface area contributed by atoms with Gasteiger partial charge in [0.15, 0.2) is 0 Å². The molecule has 2 heteroatoms. The lowest BCUT2D eigenvalue weighted by molar-refractivity contribution is 0.560. The molecule has 0 aliphatic heterocycles. The van der Waals surface area contributed by atoms with Gasteiger partial charge < -0.3 is 10.3 Å². The lowest BCUT2D eigenvalue weighted by atomic mass is 10.1. The molecular formula is C14H16N2. The van der Waals surface area contributed by atoms with E-state index < -0.39 is 0 Å². The van der Waals surface area contributed by atoms with E-state index in [4.69, 9.17) is 6.42 Å². The Morgan fingerprint density at radius 3 is 3.12 bits per heavy atom. The maximum atomic E-state index is 5.26. The minimum Gasteiger partial charge on any atom is -0.361 e. The van der Waals surface area contributed by atoms with Gasteiger partial charge in [0.05, 0.1) is 0 Å². The van der Waals surface area contributed by atoms with Crippen LogP contribution in [0.25, 0.3) is 10.9 Å². The number of aromatic amines is 1. The lowest BCUT2D eigenvalue weighted by Crippen LogP contribution is -2.24. The maximum absolute atomic E-state index is 5.26. The summed E-state index contributed by atoms with van der Waals surface area (Å²) in [5, 5.41) is 4.66. The van der Waals surface area contributed by atoms with Gasteiger partial charge in [0.2, 0.25) is 0 Å². The van der Waals surface area contributed by atoms with Crippen molar-refractivity contribution in [1.82, 2.24) is 10.3 Å². The van der Waals surface area contributed by atoms with Crippen LogP contribution in [0.15, 0.2) is 30.5 Å². The zero-order valence-electron chi connectivity index (χ0n) is 9.46. The highest BCUT2D eigenvalue weighted by Crippen LogP contribution is 2.14. The average molecular weight is 212 g/mol. The number of hydrogen-bond acceptors (Lipinski definition) is 1. The molecule has 2 aromatic rings. The Balaban J connectivity index is 2.01. The molecule has 0 bridgehead atoms. The second-order valence-corrected chi connectivity index (χ2v) is 4.09. The van der Waals surface area contributed by atoms with Crippen molar-refractivity contribution in [3.8, 4) is 12.3 Å². The van der Waals surface area contributed by atoms with E-state index in [0.717, 1.165) is 13.0 Å². The first-order chi connectivity index (χ1) is 7.79. The molecule has 0 aliphatic carbocycles. The van der Waals surface area contributed by atoms with E-state index >= 15 is 0 Å². The highest BCUT2D eigenvalue weighted by atomic mass is 14.9. The fourth-order valence-corrected chi connectivity index (χ4v) is 1.75. The van der Waals surface area contributed by atoms with Gasteiger partial charge in [0, 0.05) is 30.7 Å². The molecule has 1 atom stereocenters. The van der Waals surface area contributed by atoms with E-state index in [-0.39, 0.29) is 0 Å². The molecule has 2 N–H and O–H groups in total. The van der Waals surface area contributed by atoms with Crippen LogP contribution in [-0.2, 0) is 6.54 Å². The quantitative estimate of drug-likeness (QED) is 0.749. The summed E-state index contributed by atoms with van der Waals surface area (Å²) in [6.45, 7) is 2.97. The number of hydrogen-bond donors (Lipinski definition) is 2. The molecule has 1 unspecified atom stereocenters. The summed E-state index contributed by atoms with van der Waals surface area (Å²) in [5.74, 6) is 2.66. The van der Waals surface area contributed by atoms with Crippen LogP contribution in [0.1, 0.15) is 18.9 Å². The summed E-state index contributed by atoms with van der Waals surface area (Å²) in [5.41, 5.74) is 2.47. The molecule has 82 valence electrons. The Labute approximate surface area is 96.1 Å². The molecule has 2 nitrogen and oxygen atoms in total. The number of H-pyrrole nitrogens is 1. The first kappa shape index (κ1) is 10.8. The van der Waals surface area contributed by atoms with Crippen LogP contribution in [-0.4, -0.2) is 11.0 Å². The van der Waals surface area contributed by atoms with Crippen molar-refractivity contribution in [3.63, 3.8) is 0 Å². The van der Waals surface area contributed by atoms with Crippen LogP contribution in [0.4, 0.5) is 0 Å². The summed E-state index contributed by atoms with van der Waals surface area (Å²) in [6.07, 6.45) is 8.00. The summed E-state index contributed by atoms with van der Waals surface area (Å²) in [7, 11) is 0. The second-order valence-electron chi connectivity index (χ2n) is 4.09. The standard InChI is InChI=1S/C14H16N2/c1-3-4-11(2)16-10-12-5-6-14-13(9-12)7-8-15-14/h1,5-9,11,15-16H,4,10H2,2H3. The molecule has 0 radical (unpaired) electrons. The van der Waals surface area contributed by atoms with Gasteiger partial charge in [-0.1, -0.05) is 6.07 Å². The van der Waals surface area contributed by atoms with Crippen molar-refractivity contribution in [2.24, 2.45) is 0 Å². The molecule has 0 aliphatic rings. The predicted molar refractivity (Wildman–Crippen MR) is 68.1 cm³/mol. The minimum atomic E-state index is 0.368. The Morgan fingerprint density at radius 1 is 1.44 bits per heavy atom. The number of nitrogens with one attached hydrogen (secondary N) is 2. The van der Waals surface area contributed by atoms with Gasteiger partial charge in [-0.25, -0.2) is 0 Å². The van der Waals surface area contributed by atoms with Crippen LogP contribution < -0.4 is 5.32 Å². The minimum absolute atomic E-state index is 0.368. The predicted octanol–water partition coefficient (Wildman–Crippen LogP) is 2.67. The zero-order chi connectivity index (χ0) is 11.4. The third-order valence-corrected chi connectivity index (χ3v) is 2.70. The van der Waals surface area contributed by atoms with Gasteiger partial charge >= 0.3 is 0 Å². The van der Waals surface area contributed by atoms with Crippen LogP contribution in [0.2, 0.25) is 0 Å². The number of aromatic nitrogens is 1. The van der Waals surface area contributed by atoms with Crippen molar-refractivity contribution in [2.45, 2.75) is 25.9 Å². The van der Waals surface area contributed by atoms with Crippen molar-refractivity contribution < 1.29 is 0 Å². The zero-order valence-corrected chi connectivity index (χ0v) is 9.46. The monoisotopic (exact) mass is 212 g/mol. The largest absolute Gasteiger partial charge is 0.361 e. The van der Waals surface area contributed by atoms with E-state index in [1.54, 1.807) is 0 Å². The van der Waals surface area contributed by atoms with Gasteiger partial charge in [-0.15, -0.1) is 12.3 Å². The molecule has 0 saturated carbocycles.